The molecular weight excluding hydrogens is 332 g/mol. The molecule has 1 saturated heterocycles. The minimum absolute atomic E-state index is 0.304. The second-order valence-electron chi connectivity index (χ2n) is 8.22. The van der Waals surface area contributed by atoms with E-state index in [0.29, 0.717) is 5.92 Å². The normalized spacial score (nSPS) is 23.8. The van der Waals surface area contributed by atoms with Gasteiger partial charge in [-0.15, -0.1) is 0 Å². The molecule has 0 bridgehead atoms. The predicted octanol–water partition coefficient (Wildman–Crippen LogP) is 4.59. The second-order valence-corrected chi connectivity index (χ2v) is 8.22. The third kappa shape index (κ3) is 4.20. The molecule has 2 unspecified atom stereocenters. The Bertz CT molecular complexity index is 737. The molecule has 1 fully saturated rings. The van der Waals surface area contributed by atoms with Crippen molar-refractivity contribution >= 4 is 5.69 Å². The molecule has 27 heavy (non-hydrogen) atoms. The molecular formula is C24H32N2O. The lowest BCUT2D eigenvalue weighted by atomic mass is 9.79. The average Bonchev–Trinajstić information content (AvgIpc) is 2.74. The highest BCUT2D eigenvalue weighted by atomic mass is 16.3. The summed E-state index contributed by atoms with van der Waals surface area (Å²) in [7, 11) is 1.95. The summed E-state index contributed by atoms with van der Waals surface area (Å²) in [6.07, 6.45) is 5.50. The zero-order chi connectivity index (χ0) is 18.6. The van der Waals surface area contributed by atoms with Gasteiger partial charge in [-0.05, 0) is 92.4 Å². The van der Waals surface area contributed by atoms with Gasteiger partial charge in [0.05, 0.1) is 6.10 Å². The van der Waals surface area contributed by atoms with Crippen LogP contribution in [0, 0.1) is 5.92 Å². The first-order chi connectivity index (χ1) is 13.2. The van der Waals surface area contributed by atoms with E-state index < -0.39 is 0 Å². The molecule has 3 nitrogen and oxygen atoms in total. The fourth-order valence-corrected chi connectivity index (χ4v) is 4.88. The third-order valence-electron chi connectivity index (χ3n) is 6.66. The average molecular weight is 365 g/mol. The SMILES string of the molecule is CNc1ccc2c(c1)CCC(CCN1CCC(c3ccccc3)CC1)C2O. The van der Waals surface area contributed by atoms with E-state index in [1.165, 1.54) is 37.1 Å². The monoisotopic (exact) mass is 364 g/mol. The Morgan fingerprint density at radius 3 is 2.56 bits per heavy atom. The number of nitrogens with one attached hydrogen (secondary N) is 1. The summed E-state index contributed by atoms with van der Waals surface area (Å²) in [5.74, 6) is 1.11. The number of hydrogen-bond acceptors (Lipinski definition) is 3. The van der Waals surface area contributed by atoms with Gasteiger partial charge in [0.15, 0.2) is 0 Å². The molecule has 0 radical (unpaired) electrons. The van der Waals surface area contributed by atoms with Gasteiger partial charge in [0.25, 0.3) is 0 Å². The van der Waals surface area contributed by atoms with Crippen LogP contribution in [0.3, 0.4) is 0 Å². The molecule has 2 aliphatic rings. The van der Waals surface area contributed by atoms with Gasteiger partial charge in [-0.3, -0.25) is 0 Å². The van der Waals surface area contributed by atoms with Crippen LogP contribution in [0.25, 0.3) is 0 Å². The molecule has 1 aliphatic carbocycles. The minimum Gasteiger partial charge on any atom is -0.388 e. The van der Waals surface area contributed by atoms with Crippen LogP contribution in [-0.2, 0) is 6.42 Å². The number of piperidine rings is 1. The summed E-state index contributed by atoms with van der Waals surface area (Å²) in [5, 5.41) is 14.1. The van der Waals surface area contributed by atoms with Crippen molar-refractivity contribution in [2.75, 3.05) is 32.0 Å². The second kappa shape index (κ2) is 8.45. The summed E-state index contributed by atoms with van der Waals surface area (Å²) in [6.45, 7) is 3.49. The van der Waals surface area contributed by atoms with E-state index in [4.69, 9.17) is 0 Å². The Morgan fingerprint density at radius 2 is 1.81 bits per heavy atom. The zero-order valence-electron chi connectivity index (χ0n) is 16.4. The van der Waals surface area contributed by atoms with Gasteiger partial charge in [0.1, 0.15) is 0 Å². The number of aliphatic hydroxyl groups excluding tert-OH is 1. The van der Waals surface area contributed by atoms with Crippen LogP contribution in [0.4, 0.5) is 5.69 Å². The Hall–Kier alpha value is -1.84. The highest BCUT2D eigenvalue weighted by Crippen LogP contribution is 2.38. The standard InChI is InChI=1S/C24H32N2O/c1-25-22-9-10-23-21(17-22)8-7-20(24(23)27)13-16-26-14-11-19(12-15-26)18-5-3-2-4-6-18/h2-6,9-10,17,19-20,24-25,27H,7-8,11-16H2,1H3. The van der Waals surface area contributed by atoms with Crippen LogP contribution in [0.1, 0.15) is 54.4 Å². The topological polar surface area (TPSA) is 35.5 Å². The number of fused-ring (bicyclic) bond motifs is 1. The van der Waals surface area contributed by atoms with Crippen LogP contribution in [0.2, 0.25) is 0 Å². The molecule has 4 rings (SSSR count). The molecule has 1 heterocycles. The number of hydrogen-bond donors (Lipinski definition) is 2. The number of benzene rings is 2. The lowest BCUT2D eigenvalue weighted by Crippen LogP contribution is -2.35. The van der Waals surface area contributed by atoms with Crippen molar-refractivity contribution in [1.29, 1.82) is 0 Å². The lowest BCUT2D eigenvalue weighted by molar-refractivity contribution is 0.0772. The van der Waals surface area contributed by atoms with Crippen molar-refractivity contribution in [3.05, 3.63) is 65.2 Å². The van der Waals surface area contributed by atoms with Crippen molar-refractivity contribution < 1.29 is 5.11 Å². The van der Waals surface area contributed by atoms with Gasteiger partial charge < -0.3 is 15.3 Å². The van der Waals surface area contributed by atoms with E-state index in [1.54, 1.807) is 0 Å². The molecule has 2 aromatic carbocycles. The maximum atomic E-state index is 10.9. The molecule has 2 aromatic rings. The largest absolute Gasteiger partial charge is 0.388 e. The number of aliphatic hydroxyl groups is 1. The Labute approximate surface area is 163 Å². The molecule has 0 spiro atoms. The molecule has 0 amide bonds. The van der Waals surface area contributed by atoms with Crippen molar-refractivity contribution in [3.63, 3.8) is 0 Å². The fraction of sp³-hybridized carbons (Fsp3) is 0.500. The van der Waals surface area contributed by atoms with E-state index in [-0.39, 0.29) is 6.10 Å². The highest BCUT2D eigenvalue weighted by molar-refractivity contribution is 5.49. The van der Waals surface area contributed by atoms with Crippen molar-refractivity contribution in [2.45, 2.75) is 44.1 Å². The predicted molar refractivity (Wildman–Crippen MR) is 112 cm³/mol. The van der Waals surface area contributed by atoms with Gasteiger partial charge in [0, 0.05) is 12.7 Å². The molecule has 2 N–H and O–H groups in total. The van der Waals surface area contributed by atoms with E-state index in [9.17, 15) is 5.11 Å². The van der Waals surface area contributed by atoms with Crippen LogP contribution >= 0.6 is 0 Å². The van der Waals surface area contributed by atoms with Crippen LogP contribution in [0.5, 0.6) is 0 Å². The molecule has 3 heteroatoms. The fourth-order valence-electron chi connectivity index (χ4n) is 4.88. The quantitative estimate of drug-likeness (QED) is 0.814. The number of anilines is 1. The molecule has 1 aliphatic heterocycles. The summed E-state index contributed by atoms with van der Waals surface area (Å²) in [5.41, 5.74) is 5.10. The molecule has 0 saturated carbocycles. The highest BCUT2D eigenvalue weighted by Gasteiger charge is 2.29. The first kappa shape index (κ1) is 18.5. The zero-order valence-corrected chi connectivity index (χ0v) is 16.4. The van der Waals surface area contributed by atoms with Gasteiger partial charge >= 0.3 is 0 Å². The Morgan fingerprint density at radius 1 is 1.04 bits per heavy atom. The van der Waals surface area contributed by atoms with Gasteiger partial charge in [-0.1, -0.05) is 36.4 Å². The summed E-state index contributed by atoms with van der Waals surface area (Å²) in [6, 6.07) is 17.4. The van der Waals surface area contributed by atoms with Gasteiger partial charge in [-0.2, -0.15) is 0 Å². The molecule has 144 valence electrons. The summed E-state index contributed by atoms with van der Waals surface area (Å²) in [4.78, 5) is 2.60. The van der Waals surface area contributed by atoms with E-state index in [0.717, 1.165) is 43.0 Å². The van der Waals surface area contributed by atoms with Crippen molar-refractivity contribution in [3.8, 4) is 0 Å². The maximum absolute atomic E-state index is 10.9. The Kier molecular flexibility index (Phi) is 5.80. The van der Waals surface area contributed by atoms with Gasteiger partial charge in [0.2, 0.25) is 0 Å². The summed E-state index contributed by atoms with van der Waals surface area (Å²) >= 11 is 0. The van der Waals surface area contributed by atoms with Crippen LogP contribution < -0.4 is 5.32 Å². The van der Waals surface area contributed by atoms with E-state index in [2.05, 4.69) is 58.7 Å². The van der Waals surface area contributed by atoms with E-state index >= 15 is 0 Å². The minimum atomic E-state index is -0.304. The maximum Gasteiger partial charge on any atom is 0.0821 e. The van der Waals surface area contributed by atoms with Crippen molar-refractivity contribution in [2.24, 2.45) is 5.92 Å². The molecule has 0 aromatic heterocycles. The number of aryl methyl sites for hydroxylation is 1. The first-order valence-corrected chi connectivity index (χ1v) is 10.5. The van der Waals surface area contributed by atoms with Crippen molar-refractivity contribution in [1.82, 2.24) is 4.90 Å². The van der Waals surface area contributed by atoms with E-state index in [1.807, 2.05) is 7.05 Å². The number of nitrogens with zero attached hydrogens (tertiary/aromatic N) is 1. The van der Waals surface area contributed by atoms with Crippen LogP contribution in [0.15, 0.2) is 48.5 Å². The first-order valence-electron chi connectivity index (χ1n) is 10.5. The van der Waals surface area contributed by atoms with Crippen LogP contribution in [-0.4, -0.2) is 36.7 Å². The Balaban J connectivity index is 1.28. The number of likely N-dealkylation sites (tertiary alicyclic amines) is 1. The lowest BCUT2D eigenvalue weighted by Gasteiger charge is -2.35. The summed E-state index contributed by atoms with van der Waals surface area (Å²) < 4.78 is 0. The molecule has 2 atom stereocenters. The number of rotatable bonds is 5. The smallest absolute Gasteiger partial charge is 0.0821 e. The van der Waals surface area contributed by atoms with Gasteiger partial charge in [-0.25, -0.2) is 0 Å². The third-order valence-corrected chi connectivity index (χ3v) is 6.66.